The topological polar surface area (TPSA) is 24.1 Å². The molecule has 1 rings (SSSR count). The average molecular weight is 246 g/mol. The fraction of sp³-hybridized carbons (Fsp3) is 0.500. The molecule has 0 unspecified atom stereocenters. The van der Waals surface area contributed by atoms with Gasteiger partial charge in [-0.1, -0.05) is 45.4 Å². The van der Waals surface area contributed by atoms with Crippen LogP contribution in [-0.4, -0.2) is 6.67 Å². The smallest absolute Gasteiger partial charge is 0.0846 e. The van der Waals surface area contributed by atoms with Crippen molar-refractivity contribution in [2.24, 2.45) is 0 Å². The number of unbranched alkanes of at least 4 members (excludes halogenated alkanes) is 2. The van der Waals surface area contributed by atoms with Crippen molar-refractivity contribution in [3.63, 3.8) is 0 Å². The molecule has 0 spiro atoms. The van der Waals surface area contributed by atoms with E-state index in [2.05, 4.69) is 55.3 Å². The van der Waals surface area contributed by atoms with Gasteiger partial charge in [0, 0.05) is 11.4 Å². The minimum Gasteiger partial charge on any atom is -0.372 e. The lowest BCUT2D eigenvalue weighted by Crippen LogP contribution is -2.20. The summed E-state index contributed by atoms with van der Waals surface area (Å²) in [5.74, 6) is 0. The molecule has 0 aliphatic rings. The molecule has 0 bridgehead atoms. The lowest BCUT2D eigenvalue weighted by Gasteiger charge is -2.10. The van der Waals surface area contributed by atoms with Crippen LogP contribution in [0.4, 0.5) is 5.69 Å². The van der Waals surface area contributed by atoms with Crippen LogP contribution in [0.25, 0.3) is 0 Å². The highest BCUT2D eigenvalue weighted by atomic mass is 15.1. The maximum Gasteiger partial charge on any atom is 0.0846 e. The molecule has 0 fully saturated rings. The third kappa shape index (κ3) is 5.76. The zero-order valence-electron chi connectivity index (χ0n) is 11.8. The second-order valence-corrected chi connectivity index (χ2v) is 4.64. The van der Waals surface area contributed by atoms with Gasteiger partial charge in [-0.3, -0.25) is 0 Å². The van der Waals surface area contributed by atoms with E-state index in [4.69, 9.17) is 0 Å². The highest BCUT2D eigenvalue weighted by Gasteiger charge is 1.95. The first-order valence-electron chi connectivity index (χ1n) is 7.00. The molecule has 18 heavy (non-hydrogen) atoms. The molecule has 0 aliphatic carbocycles. The van der Waals surface area contributed by atoms with Gasteiger partial charge in [-0.05, 0) is 37.0 Å². The number of rotatable bonds is 9. The highest BCUT2D eigenvalue weighted by Crippen LogP contribution is 2.11. The van der Waals surface area contributed by atoms with Gasteiger partial charge in [-0.25, -0.2) is 0 Å². The molecule has 0 aliphatic heterocycles. The summed E-state index contributed by atoms with van der Waals surface area (Å²) in [6.45, 7) is 8.99. The van der Waals surface area contributed by atoms with Gasteiger partial charge in [0.25, 0.3) is 0 Å². The highest BCUT2D eigenvalue weighted by molar-refractivity contribution is 5.44. The molecule has 0 atom stereocenters. The molecule has 0 saturated carbocycles. The fourth-order valence-electron chi connectivity index (χ4n) is 1.76. The molecular weight excluding hydrogens is 220 g/mol. The van der Waals surface area contributed by atoms with Crippen LogP contribution in [-0.2, 0) is 6.42 Å². The van der Waals surface area contributed by atoms with Crippen molar-refractivity contribution < 1.29 is 0 Å². The number of anilines is 1. The standard InChI is InChI=1S/C16H26N2/c1-4-6-7-8-15-9-11-16(12-10-15)18-13-17-14(3)5-2/h9-12,17-18H,3-8,13H2,1-2H3. The van der Waals surface area contributed by atoms with Crippen LogP contribution in [0.3, 0.4) is 0 Å². The van der Waals surface area contributed by atoms with Crippen LogP contribution >= 0.6 is 0 Å². The molecule has 1 aromatic carbocycles. The van der Waals surface area contributed by atoms with E-state index in [1.165, 1.54) is 31.2 Å². The van der Waals surface area contributed by atoms with E-state index in [1.54, 1.807) is 0 Å². The third-order valence-corrected chi connectivity index (χ3v) is 3.08. The van der Waals surface area contributed by atoms with E-state index in [1.807, 2.05) is 0 Å². The van der Waals surface area contributed by atoms with Crippen molar-refractivity contribution in [2.75, 3.05) is 12.0 Å². The van der Waals surface area contributed by atoms with Crippen molar-refractivity contribution in [1.82, 2.24) is 5.32 Å². The summed E-state index contributed by atoms with van der Waals surface area (Å²) in [6.07, 6.45) is 6.06. The van der Waals surface area contributed by atoms with Gasteiger partial charge in [0.05, 0.1) is 6.67 Å². The van der Waals surface area contributed by atoms with Gasteiger partial charge in [-0.15, -0.1) is 0 Å². The molecule has 0 heterocycles. The predicted octanol–water partition coefficient (Wildman–Crippen LogP) is 4.30. The van der Waals surface area contributed by atoms with Gasteiger partial charge < -0.3 is 10.6 Å². The number of hydrogen-bond acceptors (Lipinski definition) is 2. The molecular formula is C16H26N2. The number of hydrogen-bond donors (Lipinski definition) is 2. The minimum atomic E-state index is 0.738. The fourth-order valence-corrected chi connectivity index (χ4v) is 1.76. The molecule has 0 radical (unpaired) electrons. The second kappa shape index (κ2) is 8.62. The van der Waals surface area contributed by atoms with E-state index in [0.717, 1.165) is 24.5 Å². The average Bonchev–Trinajstić information content (AvgIpc) is 2.40. The van der Waals surface area contributed by atoms with Crippen molar-refractivity contribution >= 4 is 5.69 Å². The van der Waals surface area contributed by atoms with Crippen molar-refractivity contribution in [1.29, 1.82) is 0 Å². The molecule has 1 aromatic rings. The van der Waals surface area contributed by atoms with Gasteiger partial charge in [0.2, 0.25) is 0 Å². The number of nitrogens with one attached hydrogen (secondary N) is 2. The monoisotopic (exact) mass is 246 g/mol. The van der Waals surface area contributed by atoms with E-state index in [-0.39, 0.29) is 0 Å². The predicted molar refractivity (Wildman–Crippen MR) is 80.7 cm³/mol. The lowest BCUT2D eigenvalue weighted by molar-refractivity contribution is 0.717. The Balaban J connectivity index is 2.29. The van der Waals surface area contributed by atoms with Crippen LogP contribution in [0.2, 0.25) is 0 Å². The Labute approximate surface area is 111 Å². The summed E-state index contributed by atoms with van der Waals surface area (Å²) in [7, 11) is 0. The van der Waals surface area contributed by atoms with Gasteiger partial charge in [-0.2, -0.15) is 0 Å². The lowest BCUT2D eigenvalue weighted by atomic mass is 10.1. The van der Waals surface area contributed by atoms with Crippen LogP contribution < -0.4 is 10.6 Å². The zero-order valence-corrected chi connectivity index (χ0v) is 11.8. The van der Waals surface area contributed by atoms with Crippen LogP contribution in [0, 0.1) is 0 Å². The molecule has 2 N–H and O–H groups in total. The van der Waals surface area contributed by atoms with Gasteiger partial charge >= 0.3 is 0 Å². The first-order valence-corrected chi connectivity index (χ1v) is 7.00. The van der Waals surface area contributed by atoms with Gasteiger partial charge in [0.1, 0.15) is 0 Å². The second-order valence-electron chi connectivity index (χ2n) is 4.64. The van der Waals surface area contributed by atoms with Crippen LogP contribution in [0.1, 0.15) is 45.1 Å². The number of allylic oxidation sites excluding steroid dienone is 1. The normalized spacial score (nSPS) is 10.1. The largest absolute Gasteiger partial charge is 0.372 e. The number of benzene rings is 1. The Hall–Kier alpha value is -1.44. The van der Waals surface area contributed by atoms with E-state index in [0.29, 0.717) is 0 Å². The summed E-state index contributed by atoms with van der Waals surface area (Å²) < 4.78 is 0. The maximum absolute atomic E-state index is 3.91. The van der Waals surface area contributed by atoms with E-state index in [9.17, 15) is 0 Å². The van der Waals surface area contributed by atoms with Crippen LogP contribution in [0.15, 0.2) is 36.5 Å². The first kappa shape index (κ1) is 14.6. The Bertz CT molecular complexity index is 341. The Morgan fingerprint density at radius 2 is 1.83 bits per heavy atom. The SMILES string of the molecule is C=C(CC)NCNc1ccc(CCCCC)cc1. The summed E-state index contributed by atoms with van der Waals surface area (Å²) in [6, 6.07) is 8.73. The van der Waals surface area contributed by atoms with Crippen molar-refractivity contribution in [2.45, 2.75) is 46.0 Å². The molecule has 2 nitrogen and oxygen atoms in total. The Morgan fingerprint density at radius 3 is 2.44 bits per heavy atom. The Kier molecular flexibility index (Phi) is 7.00. The van der Waals surface area contributed by atoms with Crippen molar-refractivity contribution in [3.05, 3.63) is 42.1 Å². The van der Waals surface area contributed by atoms with Crippen LogP contribution in [0.5, 0.6) is 0 Å². The summed E-state index contributed by atoms with van der Waals surface area (Å²) in [4.78, 5) is 0. The summed E-state index contributed by atoms with van der Waals surface area (Å²) in [5.41, 5.74) is 3.66. The number of aryl methyl sites for hydroxylation is 1. The Morgan fingerprint density at radius 1 is 1.11 bits per heavy atom. The van der Waals surface area contributed by atoms with Gasteiger partial charge in [0.15, 0.2) is 0 Å². The van der Waals surface area contributed by atoms with Crippen molar-refractivity contribution in [3.8, 4) is 0 Å². The molecule has 0 aromatic heterocycles. The molecule has 100 valence electrons. The molecule has 2 heteroatoms. The van der Waals surface area contributed by atoms with E-state index < -0.39 is 0 Å². The third-order valence-electron chi connectivity index (χ3n) is 3.08. The van der Waals surface area contributed by atoms with E-state index >= 15 is 0 Å². The summed E-state index contributed by atoms with van der Waals surface area (Å²) in [5, 5.41) is 6.56. The zero-order chi connectivity index (χ0) is 13.2. The minimum absolute atomic E-state index is 0.738. The summed E-state index contributed by atoms with van der Waals surface area (Å²) >= 11 is 0. The maximum atomic E-state index is 3.91. The first-order chi connectivity index (χ1) is 8.76. The molecule has 0 saturated heterocycles. The quantitative estimate of drug-likeness (QED) is 0.501. The molecule has 0 amide bonds.